The van der Waals surface area contributed by atoms with Gasteiger partial charge in [0, 0.05) is 12.3 Å². The number of hydrogen-bond acceptors (Lipinski definition) is 2. The Bertz CT molecular complexity index is 136. The lowest BCUT2D eigenvalue weighted by Gasteiger charge is -2.32. The number of carbonyl (C=O) groups excluding carboxylic acids is 1. The summed E-state index contributed by atoms with van der Waals surface area (Å²) in [5.41, 5.74) is 0. The van der Waals surface area contributed by atoms with Crippen LogP contribution in [0.1, 0.15) is 6.42 Å². The SMILES string of the molecule is O=C1CC2SCCN12. The summed E-state index contributed by atoms with van der Waals surface area (Å²) in [5, 5.41) is 0.572. The van der Waals surface area contributed by atoms with E-state index in [2.05, 4.69) is 0 Å². The van der Waals surface area contributed by atoms with E-state index in [1.54, 1.807) is 0 Å². The first kappa shape index (κ1) is 4.68. The fraction of sp³-hybridized carbons (Fsp3) is 0.800. The molecule has 1 unspecified atom stereocenters. The Balaban J connectivity index is 2.11. The summed E-state index contributed by atoms with van der Waals surface area (Å²) in [4.78, 5) is 12.6. The summed E-state index contributed by atoms with van der Waals surface area (Å²) in [6, 6.07) is 0. The van der Waals surface area contributed by atoms with E-state index in [0.29, 0.717) is 11.3 Å². The van der Waals surface area contributed by atoms with Crippen molar-refractivity contribution in [3.05, 3.63) is 0 Å². The van der Waals surface area contributed by atoms with Gasteiger partial charge in [0.25, 0.3) is 0 Å². The number of amides is 1. The van der Waals surface area contributed by atoms with Crippen LogP contribution in [0.5, 0.6) is 0 Å². The molecule has 2 rings (SSSR count). The summed E-state index contributed by atoms with van der Waals surface area (Å²) in [6.45, 7) is 0.994. The Morgan fingerprint density at radius 2 is 2.62 bits per heavy atom. The molecule has 2 saturated heterocycles. The predicted molar refractivity (Wildman–Crippen MR) is 32.6 cm³/mol. The molecule has 0 saturated carbocycles. The van der Waals surface area contributed by atoms with Gasteiger partial charge in [0.05, 0.1) is 11.8 Å². The van der Waals surface area contributed by atoms with Crippen LogP contribution in [0.15, 0.2) is 0 Å². The van der Waals surface area contributed by atoms with Crippen molar-refractivity contribution in [2.24, 2.45) is 0 Å². The third kappa shape index (κ3) is 0.426. The molecule has 2 nitrogen and oxygen atoms in total. The third-order valence-corrected chi connectivity index (χ3v) is 2.88. The molecule has 1 amide bonds. The molecule has 3 heteroatoms. The highest BCUT2D eigenvalue weighted by Gasteiger charge is 2.39. The van der Waals surface area contributed by atoms with Crippen LogP contribution in [0.25, 0.3) is 0 Å². The summed E-state index contributed by atoms with van der Waals surface area (Å²) < 4.78 is 0. The van der Waals surface area contributed by atoms with Crippen molar-refractivity contribution in [1.82, 2.24) is 4.90 Å². The molecule has 2 fully saturated rings. The Morgan fingerprint density at radius 3 is 3.12 bits per heavy atom. The average Bonchev–Trinajstić information content (AvgIpc) is 2.09. The number of carbonyl (C=O) groups is 1. The van der Waals surface area contributed by atoms with Crippen molar-refractivity contribution < 1.29 is 4.79 Å². The van der Waals surface area contributed by atoms with E-state index in [1.807, 2.05) is 16.7 Å². The molecule has 44 valence electrons. The molecular weight excluding hydrogens is 122 g/mol. The normalized spacial score (nSPS) is 34.8. The number of hydrogen-bond donors (Lipinski definition) is 0. The number of nitrogens with zero attached hydrogens (tertiary/aromatic N) is 1. The first-order valence-corrected chi connectivity index (χ1v) is 3.84. The van der Waals surface area contributed by atoms with Crippen molar-refractivity contribution in [2.75, 3.05) is 12.3 Å². The molecule has 0 aromatic carbocycles. The van der Waals surface area contributed by atoms with Gasteiger partial charge in [0.2, 0.25) is 5.91 Å². The van der Waals surface area contributed by atoms with E-state index in [4.69, 9.17) is 0 Å². The molecule has 0 bridgehead atoms. The van der Waals surface area contributed by atoms with E-state index in [0.717, 1.165) is 18.7 Å². The fourth-order valence-corrected chi connectivity index (χ4v) is 2.37. The molecule has 0 aromatic heterocycles. The molecule has 0 radical (unpaired) electrons. The van der Waals surface area contributed by atoms with Crippen LogP contribution in [0.2, 0.25) is 0 Å². The van der Waals surface area contributed by atoms with Crippen molar-refractivity contribution in [3.8, 4) is 0 Å². The highest BCUT2D eigenvalue weighted by atomic mass is 32.2. The number of fused-ring (bicyclic) bond motifs is 1. The Morgan fingerprint density at radius 1 is 1.75 bits per heavy atom. The van der Waals surface area contributed by atoms with Crippen molar-refractivity contribution >= 4 is 17.7 Å². The lowest BCUT2D eigenvalue weighted by molar-refractivity contribution is -0.140. The lowest BCUT2D eigenvalue weighted by Crippen LogP contribution is -2.46. The first-order valence-electron chi connectivity index (χ1n) is 2.79. The minimum Gasteiger partial charge on any atom is -0.329 e. The quantitative estimate of drug-likeness (QED) is 0.438. The number of β-lactam (4-membered cyclic amide) rings is 1. The largest absolute Gasteiger partial charge is 0.329 e. The molecular formula is C5H7NOS. The van der Waals surface area contributed by atoms with Crippen LogP contribution in [0.3, 0.4) is 0 Å². The van der Waals surface area contributed by atoms with Crippen molar-refractivity contribution in [3.63, 3.8) is 0 Å². The second kappa shape index (κ2) is 1.41. The maximum Gasteiger partial charge on any atom is 0.226 e. The number of thioether (sulfide) groups is 1. The van der Waals surface area contributed by atoms with Gasteiger partial charge in [0.15, 0.2) is 0 Å². The fourth-order valence-electron chi connectivity index (χ4n) is 1.13. The van der Waals surface area contributed by atoms with E-state index in [9.17, 15) is 4.79 Å². The molecule has 0 N–H and O–H groups in total. The van der Waals surface area contributed by atoms with Gasteiger partial charge >= 0.3 is 0 Å². The van der Waals surface area contributed by atoms with E-state index >= 15 is 0 Å². The summed E-state index contributed by atoms with van der Waals surface area (Å²) in [7, 11) is 0. The second-order valence-electron chi connectivity index (χ2n) is 2.12. The molecule has 1 atom stereocenters. The standard InChI is InChI=1S/C5H7NOS/c7-4-3-5-6(4)1-2-8-5/h5H,1-3H2. The highest BCUT2D eigenvalue weighted by Crippen LogP contribution is 2.34. The first-order chi connectivity index (χ1) is 3.88. The molecule has 0 aliphatic carbocycles. The van der Waals surface area contributed by atoms with Crippen molar-refractivity contribution in [1.29, 1.82) is 0 Å². The smallest absolute Gasteiger partial charge is 0.226 e. The lowest BCUT2D eigenvalue weighted by atomic mass is 10.2. The molecule has 0 spiro atoms. The third-order valence-electron chi connectivity index (χ3n) is 1.66. The minimum absolute atomic E-state index is 0.347. The summed E-state index contributed by atoms with van der Waals surface area (Å²) in [6.07, 6.45) is 0.796. The number of rotatable bonds is 0. The Labute approximate surface area is 52.2 Å². The van der Waals surface area contributed by atoms with Crippen LogP contribution in [-0.4, -0.2) is 28.5 Å². The van der Waals surface area contributed by atoms with Gasteiger partial charge in [-0.15, -0.1) is 11.8 Å². The van der Waals surface area contributed by atoms with E-state index < -0.39 is 0 Å². The van der Waals surface area contributed by atoms with Crippen LogP contribution >= 0.6 is 11.8 Å². The zero-order valence-corrected chi connectivity index (χ0v) is 5.28. The van der Waals surface area contributed by atoms with Gasteiger partial charge < -0.3 is 4.90 Å². The molecule has 0 aromatic rings. The maximum absolute atomic E-state index is 10.6. The van der Waals surface area contributed by atoms with Crippen LogP contribution < -0.4 is 0 Å². The molecule has 8 heavy (non-hydrogen) atoms. The highest BCUT2D eigenvalue weighted by molar-refractivity contribution is 8.00. The van der Waals surface area contributed by atoms with Gasteiger partial charge in [-0.2, -0.15) is 0 Å². The van der Waals surface area contributed by atoms with Crippen molar-refractivity contribution in [2.45, 2.75) is 11.8 Å². The zero-order chi connectivity index (χ0) is 5.56. The summed E-state index contributed by atoms with van der Waals surface area (Å²) in [5.74, 6) is 1.50. The average molecular weight is 129 g/mol. The molecule has 2 heterocycles. The Kier molecular flexibility index (Phi) is 0.821. The van der Waals surface area contributed by atoms with E-state index in [-0.39, 0.29) is 0 Å². The van der Waals surface area contributed by atoms with Gasteiger partial charge in [-0.05, 0) is 0 Å². The van der Waals surface area contributed by atoms with Gasteiger partial charge in [-0.1, -0.05) is 0 Å². The van der Waals surface area contributed by atoms with E-state index in [1.165, 1.54) is 0 Å². The van der Waals surface area contributed by atoms with Gasteiger partial charge in [-0.25, -0.2) is 0 Å². The monoisotopic (exact) mass is 129 g/mol. The van der Waals surface area contributed by atoms with Crippen LogP contribution in [0.4, 0.5) is 0 Å². The topological polar surface area (TPSA) is 20.3 Å². The summed E-state index contributed by atoms with van der Waals surface area (Å²) >= 11 is 1.90. The molecule has 2 aliphatic heterocycles. The minimum atomic E-state index is 0.347. The maximum atomic E-state index is 10.6. The molecule has 2 aliphatic rings. The van der Waals surface area contributed by atoms with Gasteiger partial charge in [-0.3, -0.25) is 4.79 Å². The predicted octanol–water partition coefficient (Wildman–Crippen LogP) is 0.292. The second-order valence-corrected chi connectivity index (χ2v) is 3.40. The van der Waals surface area contributed by atoms with Gasteiger partial charge in [0.1, 0.15) is 0 Å². The zero-order valence-electron chi connectivity index (χ0n) is 4.46. The Hall–Kier alpha value is -0.180. The van der Waals surface area contributed by atoms with Crippen LogP contribution in [0, 0.1) is 0 Å². The van der Waals surface area contributed by atoms with Crippen LogP contribution in [-0.2, 0) is 4.79 Å².